The molecule has 0 amide bonds. The maximum atomic E-state index is 12.9. The number of rotatable bonds is 5. The highest BCUT2D eigenvalue weighted by atomic mass is 19.1. The molecule has 0 aliphatic heterocycles. The molecule has 0 atom stereocenters. The number of hydrogen-bond acceptors (Lipinski definition) is 5. The van der Waals surface area contributed by atoms with E-state index in [0.29, 0.717) is 34.2 Å². The largest absolute Gasteiger partial charge is 0.383 e. The van der Waals surface area contributed by atoms with Crippen LogP contribution >= 0.6 is 0 Å². The molecule has 5 aromatic rings. The van der Waals surface area contributed by atoms with Crippen LogP contribution in [0, 0.1) is 0 Å². The zero-order valence-electron chi connectivity index (χ0n) is 17.5. The van der Waals surface area contributed by atoms with E-state index < -0.39 is 6.67 Å². The lowest BCUT2D eigenvalue weighted by molar-refractivity contribution is 0.484. The van der Waals surface area contributed by atoms with Gasteiger partial charge in [0.1, 0.15) is 18.0 Å². The van der Waals surface area contributed by atoms with Crippen molar-refractivity contribution in [3.63, 3.8) is 0 Å². The summed E-state index contributed by atoms with van der Waals surface area (Å²) in [5, 5.41) is 0. The van der Waals surface area contributed by atoms with Crippen LogP contribution in [-0.2, 0) is 13.1 Å². The van der Waals surface area contributed by atoms with Gasteiger partial charge in [-0.15, -0.1) is 0 Å². The number of imidazole rings is 1. The van der Waals surface area contributed by atoms with E-state index in [1.165, 1.54) is 11.8 Å². The number of benzene rings is 1. The highest BCUT2D eigenvalue weighted by molar-refractivity contribution is 5.84. The van der Waals surface area contributed by atoms with Gasteiger partial charge >= 0.3 is 0 Å². The zero-order chi connectivity index (χ0) is 22.1. The van der Waals surface area contributed by atoms with E-state index >= 15 is 0 Å². The van der Waals surface area contributed by atoms with Crippen molar-refractivity contribution in [2.45, 2.75) is 20.0 Å². The Labute approximate surface area is 184 Å². The summed E-state index contributed by atoms with van der Waals surface area (Å²) >= 11 is 0. The average molecular weight is 424 g/mol. The maximum Gasteiger partial charge on any atom is 0.165 e. The van der Waals surface area contributed by atoms with Crippen LogP contribution in [0.4, 0.5) is 10.2 Å². The molecule has 0 saturated carbocycles. The number of nitrogens with zero attached hydrogens (tertiary/aromatic N) is 5. The van der Waals surface area contributed by atoms with Crippen LogP contribution in [0.25, 0.3) is 39.6 Å². The summed E-state index contributed by atoms with van der Waals surface area (Å²) in [7, 11) is 0. The van der Waals surface area contributed by atoms with E-state index in [4.69, 9.17) is 15.7 Å². The Balaban J connectivity index is 1.74. The van der Waals surface area contributed by atoms with Gasteiger partial charge in [-0.3, -0.25) is 9.55 Å². The van der Waals surface area contributed by atoms with Gasteiger partial charge in [0.2, 0.25) is 0 Å². The average Bonchev–Trinajstić information content (AvgIpc) is 3.23. The predicted molar refractivity (Wildman–Crippen MR) is 124 cm³/mol. The number of halogens is 1. The molecule has 4 aromatic heterocycles. The molecule has 158 valence electrons. The molecule has 0 aliphatic carbocycles. The predicted octanol–water partition coefficient (Wildman–Crippen LogP) is 5.16. The first kappa shape index (κ1) is 19.8. The lowest BCUT2D eigenvalue weighted by Gasteiger charge is -2.11. The Morgan fingerprint density at radius 2 is 1.66 bits per heavy atom. The fourth-order valence-electron chi connectivity index (χ4n) is 3.67. The van der Waals surface area contributed by atoms with Crippen molar-refractivity contribution in [1.29, 1.82) is 0 Å². The molecule has 0 saturated heterocycles. The monoisotopic (exact) mass is 424 g/mol. The van der Waals surface area contributed by atoms with Crippen LogP contribution in [0.3, 0.4) is 0 Å². The van der Waals surface area contributed by atoms with Gasteiger partial charge in [-0.05, 0) is 54.4 Å². The van der Waals surface area contributed by atoms with Gasteiger partial charge in [0.25, 0.3) is 0 Å². The minimum Gasteiger partial charge on any atom is -0.383 e. The Hall–Kier alpha value is -4.13. The molecular formula is C25H21FN6. The van der Waals surface area contributed by atoms with E-state index in [9.17, 15) is 4.39 Å². The Morgan fingerprint density at radius 1 is 0.875 bits per heavy atom. The fraction of sp³-hybridized carbons (Fsp3) is 0.120. The van der Waals surface area contributed by atoms with Gasteiger partial charge in [0.15, 0.2) is 11.5 Å². The van der Waals surface area contributed by atoms with Crippen molar-refractivity contribution in [3.05, 3.63) is 84.2 Å². The molecule has 2 N–H and O–H groups in total. The molecule has 0 bridgehead atoms. The van der Waals surface area contributed by atoms with Gasteiger partial charge in [0.05, 0.1) is 17.0 Å². The first-order chi connectivity index (χ1) is 15.7. The Morgan fingerprint density at radius 3 is 2.34 bits per heavy atom. The lowest BCUT2D eigenvalue weighted by Crippen LogP contribution is -2.02. The van der Waals surface area contributed by atoms with Crippen molar-refractivity contribution in [3.8, 4) is 28.5 Å². The second-order valence-corrected chi connectivity index (χ2v) is 7.45. The summed E-state index contributed by atoms with van der Waals surface area (Å²) in [5.74, 6) is 1.07. The Kier molecular flexibility index (Phi) is 5.07. The molecule has 0 fully saturated rings. The topological polar surface area (TPSA) is 82.5 Å². The standard InChI is InChI=1S/C25H21FN6/c1-2-16-5-8-18(9-6-16)32-24(19-4-3-13-28-23(19)27)31-22-12-11-21(30-25(22)32)20-10-7-17(14-26)15-29-20/h3-13,15H,2,14H2,1H3,(H2,27,28). The number of pyridine rings is 3. The number of nitrogen functional groups attached to an aromatic ring is 1. The number of nitrogens with two attached hydrogens (primary N) is 1. The third-order valence-electron chi connectivity index (χ3n) is 5.43. The molecule has 32 heavy (non-hydrogen) atoms. The van der Waals surface area contributed by atoms with Crippen LogP contribution in [-0.4, -0.2) is 24.5 Å². The van der Waals surface area contributed by atoms with Crippen molar-refractivity contribution in [1.82, 2.24) is 24.5 Å². The second-order valence-electron chi connectivity index (χ2n) is 7.45. The van der Waals surface area contributed by atoms with Gasteiger partial charge in [-0.1, -0.05) is 25.1 Å². The number of alkyl halides is 1. The third-order valence-corrected chi connectivity index (χ3v) is 5.43. The molecule has 0 aliphatic rings. The van der Waals surface area contributed by atoms with Crippen LogP contribution in [0.1, 0.15) is 18.1 Å². The van der Waals surface area contributed by atoms with Crippen molar-refractivity contribution in [2.24, 2.45) is 0 Å². The zero-order valence-corrected chi connectivity index (χ0v) is 17.5. The first-order valence-corrected chi connectivity index (χ1v) is 10.4. The van der Waals surface area contributed by atoms with E-state index in [2.05, 4.69) is 41.2 Å². The number of fused-ring (bicyclic) bond motifs is 1. The smallest absolute Gasteiger partial charge is 0.165 e. The van der Waals surface area contributed by atoms with Crippen LogP contribution in [0.5, 0.6) is 0 Å². The number of anilines is 1. The van der Waals surface area contributed by atoms with Crippen molar-refractivity contribution < 1.29 is 4.39 Å². The summed E-state index contributed by atoms with van der Waals surface area (Å²) < 4.78 is 14.9. The van der Waals surface area contributed by atoms with Gasteiger partial charge in [-0.2, -0.15) is 0 Å². The Bertz CT molecular complexity index is 1390. The third kappa shape index (κ3) is 3.47. The lowest BCUT2D eigenvalue weighted by atomic mass is 10.1. The van der Waals surface area contributed by atoms with Gasteiger partial charge in [-0.25, -0.2) is 19.3 Å². The normalized spacial score (nSPS) is 11.2. The van der Waals surface area contributed by atoms with Crippen LogP contribution in [0.15, 0.2) is 73.1 Å². The maximum absolute atomic E-state index is 12.9. The molecule has 4 heterocycles. The van der Waals surface area contributed by atoms with Crippen molar-refractivity contribution in [2.75, 3.05) is 5.73 Å². The van der Waals surface area contributed by atoms with Gasteiger partial charge in [0, 0.05) is 23.6 Å². The van der Waals surface area contributed by atoms with Gasteiger partial charge < -0.3 is 5.73 Å². The molecule has 1 aromatic carbocycles. The molecule has 0 unspecified atom stereocenters. The summed E-state index contributed by atoms with van der Waals surface area (Å²) in [4.78, 5) is 18.3. The molecule has 6 nitrogen and oxygen atoms in total. The summed E-state index contributed by atoms with van der Waals surface area (Å²) in [6.07, 6.45) is 4.14. The van der Waals surface area contributed by atoms with E-state index in [1.807, 2.05) is 28.8 Å². The molecule has 0 spiro atoms. The van der Waals surface area contributed by atoms with E-state index in [1.54, 1.807) is 18.3 Å². The summed E-state index contributed by atoms with van der Waals surface area (Å²) in [6.45, 7) is 1.58. The van der Waals surface area contributed by atoms with Crippen molar-refractivity contribution >= 4 is 17.0 Å². The summed E-state index contributed by atoms with van der Waals surface area (Å²) in [6, 6.07) is 19.3. The quantitative estimate of drug-likeness (QED) is 0.421. The van der Waals surface area contributed by atoms with Crippen LogP contribution in [0.2, 0.25) is 0 Å². The molecule has 5 rings (SSSR count). The van der Waals surface area contributed by atoms with Crippen LogP contribution < -0.4 is 5.73 Å². The highest BCUT2D eigenvalue weighted by Gasteiger charge is 2.18. The molecular weight excluding hydrogens is 403 g/mol. The minimum atomic E-state index is -0.545. The summed E-state index contributed by atoms with van der Waals surface area (Å²) in [5.41, 5.74) is 12.4. The SMILES string of the molecule is CCc1ccc(-n2c(-c3cccnc3N)nc3ccc(-c4ccc(CF)cn4)nc32)cc1. The minimum absolute atomic E-state index is 0.401. The highest BCUT2D eigenvalue weighted by Crippen LogP contribution is 2.31. The number of hydrogen-bond donors (Lipinski definition) is 1. The first-order valence-electron chi connectivity index (χ1n) is 10.4. The number of aryl methyl sites for hydroxylation is 1. The molecule has 0 radical (unpaired) electrons. The van der Waals surface area contributed by atoms with E-state index in [-0.39, 0.29) is 0 Å². The fourth-order valence-corrected chi connectivity index (χ4v) is 3.67. The van der Waals surface area contributed by atoms with E-state index in [0.717, 1.165) is 23.2 Å². The second kappa shape index (κ2) is 8.19. The number of aromatic nitrogens is 5. The molecule has 7 heteroatoms.